The van der Waals surface area contributed by atoms with E-state index >= 15 is 0 Å². The van der Waals surface area contributed by atoms with Gasteiger partial charge >= 0.3 is 5.97 Å². The predicted molar refractivity (Wildman–Crippen MR) is 100 cm³/mol. The van der Waals surface area contributed by atoms with E-state index in [1.165, 1.54) is 58.3 Å². The maximum atomic E-state index is 10.5. The minimum absolute atomic E-state index is 0.163. The summed E-state index contributed by atoms with van der Waals surface area (Å²) in [5.74, 6) is -0.996. The molecule has 0 heterocycles. The van der Waals surface area contributed by atoms with Crippen LogP contribution in [-0.4, -0.2) is 23.7 Å². The molecule has 0 aliphatic rings. The Balaban J connectivity index is 0. The number of ether oxygens (including phenoxy) is 1. The summed E-state index contributed by atoms with van der Waals surface area (Å²) in [6.07, 6.45) is 21.2. The van der Waals surface area contributed by atoms with Crippen LogP contribution in [0.1, 0.15) is 85.0 Å². The molecular formula is C20H36O4. The van der Waals surface area contributed by atoms with Crippen LogP contribution in [0.4, 0.5) is 0 Å². The van der Waals surface area contributed by atoms with Crippen LogP contribution in [0, 0.1) is 0 Å². The second-order valence-corrected chi connectivity index (χ2v) is 5.74. The average Bonchev–Trinajstić information content (AvgIpc) is 2.50. The maximum Gasteiger partial charge on any atom is 0.302 e. The third kappa shape index (κ3) is 32.4. The number of hydrogen-bond acceptors (Lipinski definition) is 3. The van der Waals surface area contributed by atoms with Gasteiger partial charge in [0.2, 0.25) is 0 Å². The highest BCUT2D eigenvalue weighted by molar-refractivity contribution is 5.65. The minimum atomic E-state index is -0.833. The van der Waals surface area contributed by atoms with Gasteiger partial charge in [0, 0.05) is 13.8 Å². The highest BCUT2D eigenvalue weighted by Gasteiger charge is 1.94. The largest absolute Gasteiger partial charge is 0.481 e. The Morgan fingerprint density at radius 1 is 0.833 bits per heavy atom. The molecule has 0 fully saturated rings. The number of carbonyl (C=O) groups is 2. The number of carboxylic acid groups (broad SMARTS) is 1. The van der Waals surface area contributed by atoms with E-state index < -0.39 is 5.97 Å². The van der Waals surface area contributed by atoms with Gasteiger partial charge in [0.05, 0.1) is 6.61 Å². The van der Waals surface area contributed by atoms with Gasteiger partial charge in [-0.1, -0.05) is 69.8 Å². The van der Waals surface area contributed by atoms with Crippen molar-refractivity contribution in [1.29, 1.82) is 0 Å². The highest BCUT2D eigenvalue weighted by atomic mass is 16.5. The molecule has 0 bridgehead atoms. The lowest BCUT2D eigenvalue weighted by molar-refractivity contribution is -0.141. The fourth-order valence-corrected chi connectivity index (χ4v) is 2.03. The van der Waals surface area contributed by atoms with E-state index in [2.05, 4.69) is 31.2 Å². The summed E-state index contributed by atoms with van der Waals surface area (Å²) in [4.78, 5) is 19.5. The number of esters is 1. The average molecular weight is 341 g/mol. The molecule has 0 aromatic rings. The van der Waals surface area contributed by atoms with E-state index in [-0.39, 0.29) is 5.97 Å². The zero-order valence-corrected chi connectivity index (χ0v) is 15.8. The smallest absolute Gasteiger partial charge is 0.302 e. The van der Waals surface area contributed by atoms with E-state index in [0.29, 0.717) is 6.61 Å². The summed E-state index contributed by atoms with van der Waals surface area (Å²) in [6, 6.07) is 0. The highest BCUT2D eigenvalue weighted by Crippen LogP contribution is 2.10. The zero-order chi connectivity index (χ0) is 18.5. The molecule has 0 spiro atoms. The van der Waals surface area contributed by atoms with Crippen molar-refractivity contribution in [3.63, 3.8) is 0 Å². The van der Waals surface area contributed by atoms with Crippen LogP contribution >= 0.6 is 0 Å². The van der Waals surface area contributed by atoms with Gasteiger partial charge in [0.15, 0.2) is 0 Å². The normalized spacial score (nSPS) is 10.6. The van der Waals surface area contributed by atoms with Crippen molar-refractivity contribution >= 4 is 11.9 Å². The molecule has 4 heteroatoms. The van der Waals surface area contributed by atoms with Crippen LogP contribution in [0.3, 0.4) is 0 Å². The third-order valence-corrected chi connectivity index (χ3v) is 3.19. The van der Waals surface area contributed by atoms with Crippen LogP contribution in [0.2, 0.25) is 0 Å². The fourth-order valence-electron chi connectivity index (χ4n) is 2.03. The summed E-state index contributed by atoms with van der Waals surface area (Å²) in [7, 11) is 0. The molecule has 24 heavy (non-hydrogen) atoms. The van der Waals surface area contributed by atoms with Gasteiger partial charge in [-0.3, -0.25) is 9.59 Å². The second-order valence-electron chi connectivity index (χ2n) is 5.74. The Labute approximate surface area is 148 Å². The van der Waals surface area contributed by atoms with Gasteiger partial charge in [0.1, 0.15) is 0 Å². The van der Waals surface area contributed by atoms with Crippen molar-refractivity contribution in [3.8, 4) is 0 Å². The lowest BCUT2D eigenvalue weighted by Gasteiger charge is -2.02. The molecule has 140 valence electrons. The number of allylic oxidation sites excluding steroid dienone is 4. The van der Waals surface area contributed by atoms with Crippen molar-refractivity contribution in [1.82, 2.24) is 0 Å². The van der Waals surface area contributed by atoms with Crippen molar-refractivity contribution in [2.45, 2.75) is 85.0 Å². The van der Waals surface area contributed by atoms with E-state index in [1.54, 1.807) is 0 Å². The zero-order valence-electron chi connectivity index (χ0n) is 15.8. The summed E-state index contributed by atoms with van der Waals surface area (Å²) in [5.41, 5.74) is 0. The van der Waals surface area contributed by atoms with Gasteiger partial charge in [-0.05, 0) is 25.7 Å². The molecule has 0 atom stereocenters. The molecule has 0 aromatic carbocycles. The first-order chi connectivity index (χ1) is 11.5. The SMILES string of the molecule is CC(=O)O.CC/C=C\C=C/CCCCCCCCCCOC(C)=O. The first-order valence-corrected chi connectivity index (χ1v) is 9.15. The van der Waals surface area contributed by atoms with Crippen LogP contribution in [0.15, 0.2) is 24.3 Å². The van der Waals surface area contributed by atoms with Gasteiger partial charge in [0.25, 0.3) is 5.97 Å². The Morgan fingerprint density at radius 3 is 1.79 bits per heavy atom. The molecule has 0 aliphatic carbocycles. The molecule has 1 N–H and O–H groups in total. The van der Waals surface area contributed by atoms with Crippen LogP contribution in [0.25, 0.3) is 0 Å². The molecule has 0 aromatic heterocycles. The Hall–Kier alpha value is -1.58. The Bertz CT molecular complexity index is 342. The number of carboxylic acids is 1. The number of hydrogen-bond donors (Lipinski definition) is 1. The van der Waals surface area contributed by atoms with Gasteiger partial charge in [-0.2, -0.15) is 0 Å². The lowest BCUT2D eigenvalue weighted by Crippen LogP contribution is -2.00. The van der Waals surface area contributed by atoms with E-state index in [9.17, 15) is 4.79 Å². The quantitative estimate of drug-likeness (QED) is 0.266. The first kappa shape index (κ1) is 24.7. The van der Waals surface area contributed by atoms with Gasteiger partial charge in [-0.15, -0.1) is 0 Å². The van der Waals surface area contributed by atoms with E-state index in [1.807, 2.05) is 0 Å². The van der Waals surface area contributed by atoms with E-state index in [4.69, 9.17) is 14.6 Å². The number of aliphatic carboxylic acids is 1. The summed E-state index contributed by atoms with van der Waals surface area (Å²) < 4.78 is 4.90. The van der Waals surface area contributed by atoms with Crippen molar-refractivity contribution in [2.24, 2.45) is 0 Å². The molecular weight excluding hydrogens is 304 g/mol. The fraction of sp³-hybridized carbons (Fsp3) is 0.700. The van der Waals surface area contributed by atoms with Gasteiger partial charge < -0.3 is 9.84 Å². The van der Waals surface area contributed by atoms with Crippen molar-refractivity contribution < 1.29 is 19.4 Å². The number of carbonyl (C=O) groups excluding carboxylic acids is 1. The number of unbranched alkanes of at least 4 members (excludes halogenated alkanes) is 8. The molecule has 0 radical (unpaired) electrons. The maximum absolute atomic E-state index is 10.5. The van der Waals surface area contributed by atoms with Crippen molar-refractivity contribution in [2.75, 3.05) is 6.61 Å². The molecule has 0 amide bonds. The molecule has 0 aliphatic heterocycles. The Kier molecular flexibility index (Phi) is 22.0. The van der Waals surface area contributed by atoms with E-state index in [0.717, 1.165) is 19.8 Å². The first-order valence-electron chi connectivity index (χ1n) is 9.15. The molecule has 0 unspecified atom stereocenters. The van der Waals surface area contributed by atoms with Crippen molar-refractivity contribution in [3.05, 3.63) is 24.3 Å². The minimum Gasteiger partial charge on any atom is -0.481 e. The second kappa shape index (κ2) is 21.4. The molecule has 0 saturated heterocycles. The van der Waals surface area contributed by atoms with Gasteiger partial charge in [-0.25, -0.2) is 0 Å². The summed E-state index contributed by atoms with van der Waals surface area (Å²) in [6.45, 7) is 5.30. The summed E-state index contributed by atoms with van der Waals surface area (Å²) in [5, 5.41) is 7.42. The standard InChI is InChI=1S/C18H32O2.C2H4O2/c1-3-4-5-6-7-8-9-10-11-12-13-14-15-16-17-20-18(2)19;1-2(3)4/h4-7H,3,8-17H2,1-2H3;1H3,(H,3,4)/b5-4-,7-6-;. The topological polar surface area (TPSA) is 63.6 Å². The van der Waals surface area contributed by atoms with Crippen LogP contribution in [-0.2, 0) is 14.3 Å². The monoisotopic (exact) mass is 340 g/mol. The molecule has 4 nitrogen and oxygen atoms in total. The lowest BCUT2D eigenvalue weighted by atomic mass is 10.1. The molecule has 0 rings (SSSR count). The summed E-state index contributed by atoms with van der Waals surface area (Å²) >= 11 is 0. The third-order valence-electron chi connectivity index (χ3n) is 3.19. The Morgan fingerprint density at radius 2 is 1.29 bits per heavy atom. The predicted octanol–water partition coefficient (Wildman–Crippen LogP) is 5.67. The van der Waals surface area contributed by atoms with Crippen LogP contribution < -0.4 is 0 Å². The van der Waals surface area contributed by atoms with Crippen LogP contribution in [0.5, 0.6) is 0 Å². The molecule has 0 saturated carbocycles. The number of rotatable bonds is 13.